The Morgan fingerprint density at radius 2 is 1.58 bits per heavy atom. The van der Waals surface area contributed by atoms with E-state index in [1.54, 1.807) is 14.2 Å². The zero-order valence-corrected chi connectivity index (χ0v) is 24.8. The zero-order chi connectivity index (χ0) is 29.2. The first-order chi connectivity index (χ1) is 21.2. The Bertz CT molecular complexity index is 1770. The lowest BCUT2D eigenvalue weighted by atomic mass is 9.90. The number of aromatic nitrogens is 3. The van der Waals surface area contributed by atoms with Crippen LogP contribution < -0.4 is 14.2 Å². The number of benzene rings is 3. The first-order valence-corrected chi connectivity index (χ1v) is 15.0. The molecule has 0 atom stereocenters. The standard InChI is InChI=1S/C36H36N4O3/c1-41-32-21-25(22-33(42-2)35(32)43-24-29-12-11-27-8-4-6-10-31(27)38-29)23-39-17-13-28(14-18-39)34-30-9-5-3-7-26(30)15-19-40-20-16-37-36(34)40/h3-12,16,20-22H,13-15,17-19,23-24H2,1-2H3. The minimum absolute atomic E-state index is 0.321. The van der Waals surface area contributed by atoms with Crippen LogP contribution in [0.3, 0.4) is 0 Å². The minimum atomic E-state index is 0.321. The molecule has 5 aromatic rings. The summed E-state index contributed by atoms with van der Waals surface area (Å²) >= 11 is 0. The number of methoxy groups -OCH3 is 2. The molecule has 0 amide bonds. The third-order valence-corrected chi connectivity index (χ3v) is 8.61. The predicted octanol–water partition coefficient (Wildman–Crippen LogP) is 6.68. The lowest BCUT2D eigenvalue weighted by Gasteiger charge is -2.30. The molecular formula is C36H36N4O3. The van der Waals surface area contributed by atoms with Gasteiger partial charge in [0.2, 0.25) is 5.75 Å². The van der Waals surface area contributed by atoms with Crippen LogP contribution in [0.15, 0.2) is 90.8 Å². The summed E-state index contributed by atoms with van der Waals surface area (Å²) in [4.78, 5) is 12.0. The van der Waals surface area contributed by atoms with E-state index in [1.165, 1.54) is 22.3 Å². The molecule has 7 rings (SSSR count). The second-order valence-electron chi connectivity index (χ2n) is 11.2. The summed E-state index contributed by atoms with van der Waals surface area (Å²) in [6.45, 7) is 4.07. The molecule has 7 nitrogen and oxygen atoms in total. The number of likely N-dealkylation sites (tertiary alicyclic amines) is 1. The zero-order valence-electron chi connectivity index (χ0n) is 24.8. The lowest BCUT2D eigenvalue weighted by Crippen LogP contribution is -2.30. The molecule has 7 heteroatoms. The number of fused-ring (bicyclic) bond motifs is 3. The minimum Gasteiger partial charge on any atom is -0.493 e. The number of pyridine rings is 1. The third-order valence-electron chi connectivity index (χ3n) is 8.61. The lowest BCUT2D eigenvalue weighted by molar-refractivity contribution is 0.244. The number of imidazole rings is 1. The predicted molar refractivity (Wildman–Crippen MR) is 169 cm³/mol. The molecule has 3 aromatic carbocycles. The van der Waals surface area contributed by atoms with E-state index in [0.717, 1.165) is 73.4 Å². The van der Waals surface area contributed by atoms with Crippen LogP contribution in [0.25, 0.3) is 16.5 Å². The summed E-state index contributed by atoms with van der Waals surface area (Å²) in [6.07, 6.45) is 7.12. The molecule has 2 aliphatic heterocycles. The summed E-state index contributed by atoms with van der Waals surface area (Å²) in [5.74, 6) is 3.03. The van der Waals surface area contributed by atoms with Crippen molar-refractivity contribution >= 4 is 16.5 Å². The summed E-state index contributed by atoms with van der Waals surface area (Å²) in [6, 6.07) is 25.1. The Kier molecular flexibility index (Phi) is 7.56. The Balaban J connectivity index is 1.08. The molecular weight excluding hydrogens is 536 g/mol. The van der Waals surface area contributed by atoms with Crippen molar-refractivity contribution in [2.45, 2.75) is 39.0 Å². The van der Waals surface area contributed by atoms with Gasteiger partial charge in [0.1, 0.15) is 12.4 Å². The first kappa shape index (κ1) is 27.2. The monoisotopic (exact) mass is 572 g/mol. The van der Waals surface area contributed by atoms with Crippen LogP contribution in [0.1, 0.15) is 41.1 Å². The largest absolute Gasteiger partial charge is 0.493 e. The Morgan fingerprint density at radius 1 is 0.814 bits per heavy atom. The average Bonchev–Trinajstić information content (AvgIpc) is 3.45. The normalized spacial score (nSPS) is 15.1. The number of ether oxygens (including phenoxy) is 3. The third kappa shape index (κ3) is 5.48. The van der Waals surface area contributed by atoms with E-state index in [4.69, 9.17) is 24.2 Å². The van der Waals surface area contributed by atoms with Crippen molar-refractivity contribution in [1.29, 1.82) is 0 Å². The van der Waals surface area contributed by atoms with Crippen molar-refractivity contribution < 1.29 is 14.2 Å². The van der Waals surface area contributed by atoms with Gasteiger partial charge in [0.15, 0.2) is 11.5 Å². The SMILES string of the molecule is COc1cc(CN2CCC(=C3c4ccccc4CCn4ccnc43)CC2)cc(OC)c1OCc1ccc2ccccc2n1. The van der Waals surface area contributed by atoms with Gasteiger partial charge in [0.05, 0.1) is 25.4 Å². The smallest absolute Gasteiger partial charge is 0.203 e. The van der Waals surface area contributed by atoms with E-state index in [1.807, 2.05) is 30.5 Å². The average molecular weight is 573 g/mol. The van der Waals surface area contributed by atoms with Crippen molar-refractivity contribution in [3.63, 3.8) is 0 Å². The molecule has 4 heterocycles. The van der Waals surface area contributed by atoms with Gasteiger partial charge in [-0.1, -0.05) is 54.1 Å². The van der Waals surface area contributed by atoms with Gasteiger partial charge >= 0.3 is 0 Å². The quantitative estimate of drug-likeness (QED) is 0.217. The maximum absolute atomic E-state index is 6.23. The van der Waals surface area contributed by atoms with E-state index in [9.17, 15) is 0 Å². The van der Waals surface area contributed by atoms with Crippen LogP contribution in [-0.2, 0) is 26.1 Å². The van der Waals surface area contributed by atoms with E-state index in [2.05, 4.69) is 64.2 Å². The van der Waals surface area contributed by atoms with Crippen LogP contribution in [0, 0.1) is 0 Å². The van der Waals surface area contributed by atoms with E-state index >= 15 is 0 Å². The Labute approximate surface area is 252 Å². The number of nitrogens with zero attached hydrogens (tertiary/aromatic N) is 4. The number of hydrogen-bond acceptors (Lipinski definition) is 6. The summed E-state index contributed by atoms with van der Waals surface area (Å²) in [5, 5.41) is 1.11. The molecule has 0 unspecified atom stereocenters. The second kappa shape index (κ2) is 11.9. The molecule has 0 saturated carbocycles. The summed E-state index contributed by atoms with van der Waals surface area (Å²) < 4.78 is 20.1. The molecule has 1 saturated heterocycles. The van der Waals surface area contributed by atoms with Gasteiger partial charge in [-0.05, 0) is 60.2 Å². The molecule has 218 valence electrons. The fraction of sp³-hybridized carbons (Fsp3) is 0.278. The molecule has 0 N–H and O–H groups in total. The van der Waals surface area contributed by atoms with Crippen LogP contribution in [-0.4, -0.2) is 46.7 Å². The number of rotatable bonds is 7. The van der Waals surface area contributed by atoms with E-state index in [-0.39, 0.29) is 0 Å². The highest BCUT2D eigenvalue weighted by Gasteiger charge is 2.25. The molecule has 2 aromatic heterocycles. The van der Waals surface area contributed by atoms with Gasteiger partial charge < -0.3 is 18.8 Å². The highest BCUT2D eigenvalue weighted by atomic mass is 16.5. The highest BCUT2D eigenvalue weighted by Crippen LogP contribution is 2.40. The molecule has 2 aliphatic rings. The fourth-order valence-electron chi connectivity index (χ4n) is 6.40. The van der Waals surface area contributed by atoms with Gasteiger partial charge in [0.25, 0.3) is 0 Å². The van der Waals surface area contributed by atoms with Gasteiger partial charge in [0, 0.05) is 49.5 Å². The van der Waals surface area contributed by atoms with Crippen molar-refractivity contribution in [3.05, 3.63) is 119 Å². The summed E-state index contributed by atoms with van der Waals surface area (Å²) in [7, 11) is 3.35. The van der Waals surface area contributed by atoms with E-state index in [0.29, 0.717) is 23.9 Å². The first-order valence-electron chi connectivity index (χ1n) is 15.0. The van der Waals surface area contributed by atoms with Gasteiger partial charge in [-0.3, -0.25) is 4.90 Å². The number of hydrogen-bond donors (Lipinski definition) is 0. The van der Waals surface area contributed by atoms with Crippen LogP contribution >= 0.6 is 0 Å². The maximum atomic E-state index is 6.23. The molecule has 0 bridgehead atoms. The molecule has 0 aliphatic carbocycles. The van der Waals surface area contributed by atoms with Crippen LogP contribution in [0.2, 0.25) is 0 Å². The fourth-order valence-corrected chi connectivity index (χ4v) is 6.40. The Hall–Kier alpha value is -4.62. The van der Waals surface area contributed by atoms with Gasteiger partial charge in [-0.15, -0.1) is 0 Å². The number of piperidine rings is 1. The van der Waals surface area contributed by atoms with Gasteiger partial charge in [-0.2, -0.15) is 0 Å². The second-order valence-corrected chi connectivity index (χ2v) is 11.2. The Morgan fingerprint density at radius 3 is 2.40 bits per heavy atom. The van der Waals surface area contributed by atoms with Crippen LogP contribution in [0.5, 0.6) is 17.2 Å². The molecule has 43 heavy (non-hydrogen) atoms. The van der Waals surface area contributed by atoms with Crippen LogP contribution in [0.4, 0.5) is 0 Å². The maximum Gasteiger partial charge on any atom is 0.203 e. The summed E-state index contributed by atoms with van der Waals surface area (Å²) in [5.41, 5.74) is 8.53. The van der Waals surface area contributed by atoms with Crippen molar-refractivity contribution in [3.8, 4) is 17.2 Å². The topological polar surface area (TPSA) is 61.6 Å². The molecule has 1 fully saturated rings. The highest BCUT2D eigenvalue weighted by molar-refractivity contribution is 5.81. The van der Waals surface area contributed by atoms with E-state index < -0.39 is 0 Å². The number of para-hydroxylation sites is 1. The van der Waals surface area contributed by atoms with Gasteiger partial charge in [-0.25, -0.2) is 9.97 Å². The van der Waals surface area contributed by atoms with Crippen molar-refractivity contribution in [2.24, 2.45) is 0 Å². The molecule has 0 spiro atoms. The molecule has 0 radical (unpaired) electrons. The number of aryl methyl sites for hydroxylation is 2. The van der Waals surface area contributed by atoms with Crippen molar-refractivity contribution in [2.75, 3.05) is 27.3 Å². The van der Waals surface area contributed by atoms with Crippen molar-refractivity contribution in [1.82, 2.24) is 19.4 Å².